The Balaban J connectivity index is 0. The van der Waals surface area contributed by atoms with Gasteiger partial charge in [-0.05, 0) is 0 Å². The molecule has 0 atom stereocenters. The predicted octanol–water partition coefficient (Wildman–Crippen LogP) is 0.285. The van der Waals surface area contributed by atoms with Gasteiger partial charge in [0.05, 0.1) is 0 Å². The molecule has 160 valence electrons. The molecule has 0 bridgehead atoms. The van der Waals surface area contributed by atoms with Crippen molar-refractivity contribution in [3.05, 3.63) is 0 Å². The number of hydrogen-bond donors (Lipinski definition) is 4. The van der Waals surface area contributed by atoms with E-state index >= 15 is 0 Å². The topological polar surface area (TPSA) is 61.1 Å². The molecule has 0 amide bonds. The van der Waals surface area contributed by atoms with Crippen molar-refractivity contribution in [3.8, 4) is 0 Å². The standard InChI is InChI=1S/8C2H6N.Hf.Zr/c4*1-3-2;4*1-2-3;;/h4*1-2H3;4*3H,2H2,1H3;;/q8*-1;;+8. The van der Waals surface area contributed by atoms with E-state index in [-0.39, 0.29) is 25.8 Å². The molecule has 0 aromatic heterocycles. The van der Waals surface area contributed by atoms with Crippen LogP contribution in [0.25, 0.3) is 0 Å². The summed E-state index contributed by atoms with van der Waals surface area (Å²) < 4.78 is 25.8. The second-order valence-electron chi connectivity index (χ2n) is 8.84. The second-order valence-corrected chi connectivity index (χ2v) is 36.5. The average Bonchev–Trinajstić information content (AvgIpc) is 2.48. The Morgan fingerprint density at radius 3 is 0.692 bits per heavy atom. The zero-order chi connectivity index (χ0) is 20.3. The molecule has 8 nitrogen and oxygen atoms in total. The van der Waals surface area contributed by atoms with Crippen LogP contribution in [-0.4, -0.2) is 93.9 Å². The second kappa shape index (κ2) is 7.00. The third-order valence-electron chi connectivity index (χ3n) is 9.01. The molecule has 0 aliphatic heterocycles. The summed E-state index contributed by atoms with van der Waals surface area (Å²) in [7, 11) is 17.2. The Labute approximate surface area is 176 Å². The summed E-state index contributed by atoms with van der Waals surface area (Å²) in [5, 5.41) is 0. The summed E-state index contributed by atoms with van der Waals surface area (Å²) in [6.07, 6.45) is 0. The summed E-state index contributed by atoms with van der Waals surface area (Å²) in [5.74, 6) is 0. The van der Waals surface area contributed by atoms with E-state index in [2.05, 4.69) is 108 Å². The van der Waals surface area contributed by atoms with E-state index in [1.807, 2.05) is 0 Å². The third-order valence-corrected chi connectivity index (χ3v) is 53.3. The fraction of sp³-hybridized carbons (Fsp3) is 1.00. The van der Waals surface area contributed by atoms with Crippen LogP contribution in [0.4, 0.5) is 0 Å². The first-order valence-corrected chi connectivity index (χ1v) is 19.0. The van der Waals surface area contributed by atoms with Crippen LogP contribution in [0.1, 0.15) is 27.7 Å². The van der Waals surface area contributed by atoms with Crippen LogP contribution >= 0.6 is 0 Å². The van der Waals surface area contributed by atoms with Crippen LogP contribution in [0.5, 0.6) is 0 Å². The fourth-order valence-electron chi connectivity index (χ4n) is 7.63. The Morgan fingerprint density at radius 2 is 0.615 bits per heavy atom. The Kier molecular flexibility index (Phi) is 7.97. The van der Waals surface area contributed by atoms with Crippen molar-refractivity contribution in [2.24, 2.45) is 0 Å². The zero-order valence-corrected chi connectivity index (χ0v) is 25.7. The molecule has 0 aromatic rings. The Morgan fingerprint density at radius 1 is 0.462 bits per heavy atom. The van der Waals surface area contributed by atoms with Gasteiger partial charge in [-0.2, -0.15) is 0 Å². The minimum atomic E-state index is -6.50. The maximum atomic E-state index is 4.10. The molecule has 26 heavy (non-hydrogen) atoms. The fourth-order valence-corrected chi connectivity index (χ4v) is 45.1. The molecular weight excluding hydrogens is 574 g/mol. The molecule has 0 aliphatic carbocycles. The molecule has 0 rings (SSSR count). The normalized spacial score (nSPS) is 19.1. The van der Waals surface area contributed by atoms with E-state index in [1.165, 1.54) is 0 Å². The van der Waals surface area contributed by atoms with E-state index < -0.39 is 16.7 Å². The van der Waals surface area contributed by atoms with Gasteiger partial charge < -0.3 is 0 Å². The first-order chi connectivity index (χ1) is 11.3. The maximum absolute atomic E-state index is 6.50. The Hall–Kier alpha value is 1.43. The van der Waals surface area contributed by atoms with Gasteiger partial charge >= 0.3 is 151 Å². The van der Waals surface area contributed by atoms with E-state index in [9.17, 15) is 0 Å². The SMILES string of the molecule is CC[NH][Zr]([NH]CC)([NH]CC)([NH]CC)([N](C)C)([N](C)C)([N](C)C)[N](C)C.[Hf]. The molecular formula is C16H48HfN8Zr. The quantitative estimate of drug-likeness (QED) is 0.232. The van der Waals surface area contributed by atoms with Crippen LogP contribution in [0.15, 0.2) is 0 Å². The minimum absolute atomic E-state index is 0. The molecule has 0 heterocycles. The summed E-state index contributed by atoms with van der Waals surface area (Å²) >= 11 is -6.50. The van der Waals surface area contributed by atoms with Gasteiger partial charge in [0, 0.05) is 25.8 Å². The predicted molar refractivity (Wildman–Crippen MR) is 109 cm³/mol. The summed E-state index contributed by atoms with van der Waals surface area (Å²) in [5.41, 5.74) is 0. The van der Waals surface area contributed by atoms with Crippen LogP contribution < -0.4 is 13.0 Å². The van der Waals surface area contributed by atoms with Crippen LogP contribution in [0, 0.1) is 0 Å². The van der Waals surface area contributed by atoms with E-state index in [1.54, 1.807) is 0 Å². The van der Waals surface area contributed by atoms with Crippen molar-refractivity contribution in [1.29, 1.82) is 0 Å². The van der Waals surface area contributed by atoms with Crippen molar-refractivity contribution >= 4 is 0 Å². The van der Waals surface area contributed by atoms with Gasteiger partial charge in [0.2, 0.25) is 0 Å². The third kappa shape index (κ3) is 1.90. The van der Waals surface area contributed by atoms with Gasteiger partial charge in [0.1, 0.15) is 0 Å². The van der Waals surface area contributed by atoms with Crippen molar-refractivity contribution in [1.82, 2.24) is 24.4 Å². The van der Waals surface area contributed by atoms with E-state index in [0.29, 0.717) is 0 Å². The summed E-state index contributed by atoms with van der Waals surface area (Å²) in [6.45, 7) is 11.7. The molecule has 0 unspecified atom stereocenters. The molecule has 0 saturated heterocycles. The summed E-state index contributed by atoms with van der Waals surface area (Å²) in [4.78, 5) is 0. The smallest absolute Gasteiger partial charge is 0 e. The maximum Gasteiger partial charge on any atom is 0 e. The number of hydrogen-bond acceptors (Lipinski definition) is 8. The van der Waals surface area contributed by atoms with Crippen molar-refractivity contribution in [3.63, 3.8) is 0 Å². The summed E-state index contributed by atoms with van der Waals surface area (Å²) in [6, 6.07) is 0. The molecule has 0 radical (unpaired) electrons. The first-order valence-electron chi connectivity index (χ1n) is 9.71. The monoisotopic (exact) mass is 622 g/mol. The Bertz CT molecular complexity index is 427. The van der Waals surface area contributed by atoms with Gasteiger partial charge in [-0.1, -0.05) is 0 Å². The molecule has 0 aromatic carbocycles. The van der Waals surface area contributed by atoms with E-state index in [0.717, 1.165) is 26.2 Å². The largest absolute Gasteiger partial charge is 0 e. The van der Waals surface area contributed by atoms with Crippen molar-refractivity contribution in [2.75, 3.05) is 82.6 Å². The minimum Gasteiger partial charge on any atom is 0 e. The molecule has 0 fully saturated rings. The number of nitrogens with zero attached hydrogens (tertiary/aromatic N) is 4. The van der Waals surface area contributed by atoms with E-state index in [4.69, 9.17) is 0 Å². The average molecular weight is 622 g/mol. The van der Waals surface area contributed by atoms with Gasteiger partial charge in [0.25, 0.3) is 0 Å². The molecule has 10 heteroatoms. The van der Waals surface area contributed by atoms with Gasteiger partial charge in [-0.3, -0.25) is 0 Å². The molecule has 0 spiro atoms. The molecule has 0 aliphatic rings. The molecule has 0 saturated carbocycles. The first kappa shape index (κ1) is 29.6. The number of nitrogens with one attached hydrogen (secondary N) is 4. The van der Waals surface area contributed by atoms with Crippen molar-refractivity contribution in [2.45, 2.75) is 27.7 Å². The van der Waals surface area contributed by atoms with Crippen LogP contribution in [0.3, 0.4) is 0 Å². The number of rotatable bonds is 12. The molecule has 4 N–H and O–H groups in total. The van der Waals surface area contributed by atoms with Gasteiger partial charge in [-0.15, -0.1) is 0 Å². The van der Waals surface area contributed by atoms with Crippen LogP contribution in [-0.2, 0) is 42.5 Å². The van der Waals surface area contributed by atoms with Gasteiger partial charge in [0.15, 0.2) is 0 Å². The van der Waals surface area contributed by atoms with Crippen molar-refractivity contribution < 1.29 is 42.5 Å². The zero-order valence-electron chi connectivity index (χ0n) is 19.6. The van der Waals surface area contributed by atoms with Crippen LogP contribution in [0.2, 0.25) is 0 Å². The van der Waals surface area contributed by atoms with Gasteiger partial charge in [-0.25, -0.2) is 0 Å².